The summed E-state index contributed by atoms with van der Waals surface area (Å²) in [5.74, 6) is -6.69. The zero-order valence-electron chi connectivity index (χ0n) is 11.7. The van der Waals surface area contributed by atoms with E-state index in [9.17, 15) is 27.2 Å². The Balaban J connectivity index is 2.42. The van der Waals surface area contributed by atoms with Gasteiger partial charge in [-0.05, 0) is 6.42 Å². The van der Waals surface area contributed by atoms with Crippen molar-refractivity contribution in [1.29, 1.82) is 0 Å². The largest absolute Gasteiger partial charge is 0.383 e. The van der Waals surface area contributed by atoms with Crippen molar-refractivity contribution in [3.63, 3.8) is 0 Å². The number of nitrogens with one attached hydrogen (secondary N) is 1. The smallest absolute Gasteiger partial charge is 0.355 e. The second-order valence-electron chi connectivity index (χ2n) is 4.84. The topological polar surface area (TPSA) is 52.7 Å². The zero-order valence-corrected chi connectivity index (χ0v) is 11.7. The van der Waals surface area contributed by atoms with Gasteiger partial charge in [0.2, 0.25) is 5.91 Å². The van der Waals surface area contributed by atoms with Crippen LogP contribution in [0.2, 0.25) is 0 Å². The molecule has 0 aromatic carbocycles. The Morgan fingerprint density at radius 3 is 2.24 bits per heavy atom. The molecule has 122 valence electrons. The van der Waals surface area contributed by atoms with E-state index < -0.39 is 18.3 Å². The van der Waals surface area contributed by atoms with E-state index in [0.29, 0.717) is 11.4 Å². The fraction of sp³-hybridized carbons (Fsp3) is 0.833. The second kappa shape index (κ2) is 7.58. The molecule has 0 unspecified atom stereocenters. The predicted octanol–water partition coefficient (Wildman–Crippen LogP) is 0.557. The Bertz CT molecular complexity index is 372. The Hall–Kier alpha value is -1.38. The fourth-order valence-electron chi connectivity index (χ4n) is 1.94. The number of alkyl halides is 4. The molecule has 1 aliphatic heterocycles. The highest BCUT2D eigenvalue weighted by atomic mass is 19.3. The quantitative estimate of drug-likeness (QED) is 0.729. The number of piperazine rings is 1. The SMILES string of the molecule is CCCNC(=O)CN1CCN(C(=O)C(F)(F)C(F)F)CC1. The second-order valence-corrected chi connectivity index (χ2v) is 4.84. The van der Waals surface area contributed by atoms with Crippen LogP contribution < -0.4 is 5.32 Å². The number of carbonyl (C=O) groups is 2. The Morgan fingerprint density at radius 2 is 1.76 bits per heavy atom. The molecule has 1 aliphatic rings. The third kappa shape index (κ3) is 4.83. The molecule has 0 atom stereocenters. The minimum absolute atomic E-state index is 0.0950. The number of carbonyl (C=O) groups excluding carboxylic acids is 2. The zero-order chi connectivity index (χ0) is 16.0. The van der Waals surface area contributed by atoms with Gasteiger partial charge in [0.05, 0.1) is 6.54 Å². The van der Waals surface area contributed by atoms with Crippen LogP contribution in [0.15, 0.2) is 0 Å². The first kappa shape index (κ1) is 17.7. The average Bonchev–Trinajstić information content (AvgIpc) is 2.45. The number of halogens is 4. The predicted molar refractivity (Wildman–Crippen MR) is 67.3 cm³/mol. The lowest BCUT2D eigenvalue weighted by Crippen LogP contribution is -2.56. The highest BCUT2D eigenvalue weighted by molar-refractivity contribution is 5.84. The van der Waals surface area contributed by atoms with E-state index in [1.165, 1.54) is 0 Å². The van der Waals surface area contributed by atoms with Gasteiger partial charge in [-0.25, -0.2) is 8.78 Å². The van der Waals surface area contributed by atoms with Crippen LogP contribution in [0.5, 0.6) is 0 Å². The summed E-state index contributed by atoms with van der Waals surface area (Å²) in [6, 6.07) is 0. The summed E-state index contributed by atoms with van der Waals surface area (Å²) in [5, 5.41) is 2.67. The maximum atomic E-state index is 13.0. The van der Waals surface area contributed by atoms with Crippen molar-refractivity contribution >= 4 is 11.8 Å². The molecule has 0 radical (unpaired) electrons. The summed E-state index contributed by atoms with van der Waals surface area (Å²) in [6.45, 7) is 2.78. The highest BCUT2D eigenvalue weighted by Crippen LogP contribution is 2.25. The third-order valence-corrected chi connectivity index (χ3v) is 3.16. The van der Waals surface area contributed by atoms with Crippen molar-refractivity contribution in [1.82, 2.24) is 15.1 Å². The molecule has 21 heavy (non-hydrogen) atoms. The summed E-state index contributed by atoms with van der Waals surface area (Å²) >= 11 is 0. The number of amides is 2. The van der Waals surface area contributed by atoms with Crippen LogP contribution in [-0.2, 0) is 9.59 Å². The number of hydrogen-bond acceptors (Lipinski definition) is 3. The van der Waals surface area contributed by atoms with Gasteiger partial charge >= 0.3 is 12.3 Å². The van der Waals surface area contributed by atoms with Crippen molar-refractivity contribution in [3.8, 4) is 0 Å². The average molecular weight is 313 g/mol. The van der Waals surface area contributed by atoms with Crippen LogP contribution in [0, 0.1) is 0 Å². The maximum Gasteiger partial charge on any atom is 0.383 e. The molecule has 2 amide bonds. The number of rotatable bonds is 6. The van der Waals surface area contributed by atoms with E-state index >= 15 is 0 Å². The molecule has 1 heterocycles. The van der Waals surface area contributed by atoms with Gasteiger partial charge in [0.15, 0.2) is 0 Å². The van der Waals surface area contributed by atoms with Crippen molar-refractivity contribution in [2.45, 2.75) is 25.7 Å². The van der Waals surface area contributed by atoms with Crippen molar-refractivity contribution < 1.29 is 27.2 Å². The van der Waals surface area contributed by atoms with E-state index in [-0.39, 0.29) is 38.6 Å². The molecule has 1 rings (SSSR count). The first-order valence-corrected chi connectivity index (χ1v) is 6.73. The molecular weight excluding hydrogens is 294 g/mol. The fourth-order valence-corrected chi connectivity index (χ4v) is 1.94. The van der Waals surface area contributed by atoms with Crippen LogP contribution in [0.1, 0.15) is 13.3 Å². The molecule has 1 fully saturated rings. The molecule has 0 bridgehead atoms. The first-order valence-electron chi connectivity index (χ1n) is 6.73. The van der Waals surface area contributed by atoms with Gasteiger partial charge in [-0.2, -0.15) is 8.78 Å². The van der Waals surface area contributed by atoms with Gasteiger partial charge in [0.25, 0.3) is 5.91 Å². The first-order chi connectivity index (χ1) is 9.78. The molecule has 1 N–H and O–H groups in total. The van der Waals surface area contributed by atoms with E-state index in [4.69, 9.17) is 0 Å². The van der Waals surface area contributed by atoms with E-state index in [0.717, 1.165) is 6.42 Å². The van der Waals surface area contributed by atoms with Crippen LogP contribution in [0.4, 0.5) is 17.6 Å². The number of nitrogens with zero attached hydrogens (tertiary/aromatic N) is 2. The lowest BCUT2D eigenvalue weighted by atomic mass is 10.2. The highest BCUT2D eigenvalue weighted by Gasteiger charge is 2.51. The molecule has 0 aromatic heterocycles. The standard InChI is InChI=1S/C12H19F4N3O2/c1-2-3-17-9(20)8-18-4-6-19(7-5-18)11(21)12(15,16)10(13)14/h10H,2-8H2,1H3,(H,17,20). The number of hydrogen-bond donors (Lipinski definition) is 1. The van der Waals surface area contributed by atoms with Crippen molar-refractivity contribution in [2.24, 2.45) is 0 Å². The van der Waals surface area contributed by atoms with Crippen molar-refractivity contribution in [3.05, 3.63) is 0 Å². The summed E-state index contributed by atoms with van der Waals surface area (Å²) in [4.78, 5) is 25.2. The van der Waals surface area contributed by atoms with Crippen LogP contribution in [-0.4, -0.2) is 73.2 Å². The monoisotopic (exact) mass is 313 g/mol. The van der Waals surface area contributed by atoms with E-state index in [2.05, 4.69) is 5.32 Å². The van der Waals surface area contributed by atoms with Crippen LogP contribution in [0.25, 0.3) is 0 Å². The molecule has 1 saturated heterocycles. The normalized spacial score (nSPS) is 17.1. The summed E-state index contributed by atoms with van der Waals surface area (Å²) < 4.78 is 50.2. The van der Waals surface area contributed by atoms with Crippen LogP contribution in [0.3, 0.4) is 0 Å². The van der Waals surface area contributed by atoms with Gasteiger partial charge in [0.1, 0.15) is 0 Å². The van der Waals surface area contributed by atoms with Crippen LogP contribution >= 0.6 is 0 Å². The molecule has 0 spiro atoms. The summed E-state index contributed by atoms with van der Waals surface area (Å²) in [6.07, 6.45) is -3.21. The van der Waals surface area contributed by atoms with Gasteiger partial charge < -0.3 is 10.2 Å². The van der Waals surface area contributed by atoms with Gasteiger partial charge in [-0.15, -0.1) is 0 Å². The third-order valence-electron chi connectivity index (χ3n) is 3.16. The van der Waals surface area contributed by atoms with Crippen molar-refractivity contribution in [2.75, 3.05) is 39.3 Å². The Kier molecular flexibility index (Phi) is 6.38. The summed E-state index contributed by atoms with van der Waals surface area (Å²) in [5.41, 5.74) is 0. The summed E-state index contributed by atoms with van der Waals surface area (Å²) in [7, 11) is 0. The lowest BCUT2D eigenvalue weighted by Gasteiger charge is -2.35. The molecule has 9 heteroatoms. The molecule has 0 aromatic rings. The molecular formula is C12H19F4N3O2. The lowest BCUT2D eigenvalue weighted by molar-refractivity contribution is -0.182. The maximum absolute atomic E-state index is 13.0. The molecule has 5 nitrogen and oxygen atoms in total. The van der Waals surface area contributed by atoms with E-state index in [1.54, 1.807) is 4.90 Å². The van der Waals surface area contributed by atoms with Gasteiger partial charge in [-0.3, -0.25) is 14.5 Å². The molecule has 0 saturated carbocycles. The minimum Gasteiger partial charge on any atom is -0.355 e. The Morgan fingerprint density at radius 1 is 1.19 bits per heavy atom. The molecule has 0 aliphatic carbocycles. The van der Waals surface area contributed by atoms with Gasteiger partial charge in [-0.1, -0.05) is 6.92 Å². The minimum atomic E-state index is -4.65. The van der Waals surface area contributed by atoms with E-state index in [1.807, 2.05) is 6.92 Å². The van der Waals surface area contributed by atoms with Gasteiger partial charge in [0, 0.05) is 32.7 Å². The Labute approximate surface area is 120 Å².